The van der Waals surface area contributed by atoms with Crippen molar-refractivity contribution >= 4 is 27.8 Å². The molecule has 1 aliphatic rings. The molecule has 2 aromatic rings. The van der Waals surface area contributed by atoms with Crippen molar-refractivity contribution in [1.82, 2.24) is 14.3 Å². The summed E-state index contributed by atoms with van der Waals surface area (Å²) in [4.78, 5) is 31.0. The highest BCUT2D eigenvalue weighted by atomic mass is 32.2. The third kappa shape index (κ3) is 5.06. The predicted octanol–water partition coefficient (Wildman–Crippen LogP) is 2.33. The Hall–Kier alpha value is -2.17. The molecule has 0 radical (unpaired) electrons. The van der Waals surface area contributed by atoms with E-state index in [-0.39, 0.29) is 22.6 Å². The number of ether oxygens (including phenoxy) is 1. The summed E-state index contributed by atoms with van der Waals surface area (Å²) in [5.41, 5.74) is 0.775. The molecule has 1 saturated heterocycles. The fourth-order valence-corrected chi connectivity index (χ4v) is 5.06. The molecule has 29 heavy (non-hydrogen) atoms. The van der Waals surface area contributed by atoms with Gasteiger partial charge in [0.15, 0.2) is 5.16 Å². The second kappa shape index (κ2) is 9.10. The quantitative estimate of drug-likeness (QED) is 0.420. The maximum Gasteiger partial charge on any atom is 0.338 e. The van der Waals surface area contributed by atoms with Crippen LogP contribution in [0.15, 0.2) is 39.1 Å². The largest absolute Gasteiger partial charge is 0.456 e. The van der Waals surface area contributed by atoms with E-state index in [0.29, 0.717) is 29.5 Å². The van der Waals surface area contributed by atoms with E-state index < -0.39 is 16.0 Å². The number of esters is 1. The summed E-state index contributed by atoms with van der Waals surface area (Å²) in [6, 6.07) is 5.74. The van der Waals surface area contributed by atoms with Crippen molar-refractivity contribution in [3.8, 4) is 0 Å². The van der Waals surface area contributed by atoms with E-state index in [9.17, 15) is 18.0 Å². The Labute approximate surface area is 173 Å². The monoisotopic (exact) mass is 437 g/mol. The van der Waals surface area contributed by atoms with Gasteiger partial charge in [-0.2, -0.15) is 4.31 Å². The zero-order valence-electron chi connectivity index (χ0n) is 16.3. The summed E-state index contributed by atoms with van der Waals surface area (Å²) in [6.07, 6.45) is 4.46. The van der Waals surface area contributed by atoms with Crippen molar-refractivity contribution in [1.29, 1.82) is 0 Å². The van der Waals surface area contributed by atoms with Crippen LogP contribution in [0, 0.1) is 6.92 Å². The first-order valence-electron chi connectivity index (χ1n) is 9.23. The average molecular weight is 438 g/mol. The zero-order chi connectivity index (χ0) is 21.0. The van der Waals surface area contributed by atoms with Crippen molar-refractivity contribution in [2.45, 2.75) is 42.8 Å². The van der Waals surface area contributed by atoms with Crippen molar-refractivity contribution in [3.05, 3.63) is 51.4 Å². The molecule has 156 valence electrons. The van der Waals surface area contributed by atoms with Crippen LogP contribution in [0.2, 0.25) is 0 Å². The lowest BCUT2D eigenvalue weighted by Gasteiger charge is -2.26. The molecule has 3 rings (SSSR count). The Morgan fingerprint density at radius 3 is 2.66 bits per heavy atom. The van der Waals surface area contributed by atoms with Gasteiger partial charge in [0.25, 0.3) is 5.56 Å². The molecule has 0 unspecified atom stereocenters. The molecule has 0 atom stereocenters. The minimum Gasteiger partial charge on any atom is -0.456 e. The highest BCUT2D eigenvalue weighted by molar-refractivity contribution is 7.98. The lowest BCUT2D eigenvalue weighted by Crippen LogP contribution is -2.35. The number of hydrogen-bond acceptors (Lipinski definition) is 7. The Morgan fingerprint density at radius 2 is 1.97 bits per heavy atom. The topological polar surface area (TPSA) is 109 Å². The number of H-pyrrole nitrogens is 1. The molecule has 10 heteroatoms. The number of sulfonamides is 1. The molecule has 0 amide bonds. The number of carbonyl (C=O) groups excluding carboxylic acids is 1. The fourth-order valence-electron chi connectivity index (χ4n) is 3.11. The second-order valence-electron chi connectivity index (χ2n) is 6.76. The number of aryl methyl sites for hydroxylation is 1. The van der Waals surface area contributed by atoms with E-state index in [0.717, 1.165) is 19.3 Å². The van der Waals surface area contributed by atoms with Crippen LogP contribution in [-0.2, 0) is 21.4 Å². The highest BCUT2D eigenvalue weighted by Crippen LogP contribution is 2.23. The SMILES string of the molecule is CSc1nc(COC(=O)c2cc(S(=O)(=O)N3CCCCC3)ccc2C)cc(=O)[nH]1. The molecule has 0 bridgehead atoms. The lowest BCUT2D eigenvalue weighted by atomic mass is 10.1. The summed E-state index contributed by atoms with van der Waals surface area (Å²) < 4.78 is 32.5. The van der Waals surface area contributed by atoms with Crippen molar-refractivity contribution in [3.63, 3.8) is 0 Å². The molecule has 1 fully saturated rings. The van der Waals surface area contributed by atoms with Gasteiger partial charge in [0.05, 0.1) is 16.2 Å². The molecule has 1 aromatic heterocycles. The first-order valence-corrected chi connectivity index (χ1v) is 11.9. The Balaban J connectivity index is 1.79. The summed E-state index contributed by atoms with van der Waals surface area (Å²) >= 11 is 1.27. The van der Waals surface area contributed by atoms with E-state index in [1.807, 2.05) is 0 Å². The van der Waals surface area contributed by atoms with Crippen LogP contribution < -0.4 is 5.56 Å². The molecule has 1 aliphatic heterocycles. The van der Waals surface area contributed by atoms with Crippen LogP contribution in [0.4, 0.5) is 0 Å². The zero-order valence-corrected chi connectivity index (χ0v) is 17.9. The van der Waals surface area contributed by atoms with Crippen molar-refractivity contribution < 1.29 is 17.9 Å². The highest BCUT2D eigenvalue weighted by Gasteiger charge is 2.27. The second-order valence-corrected chi connectivity index (χ2v) is 9.50. The van der Waals surface area contributed by atoms with Crippen LogP contribution in [0.3, 0.4) is 0 Å². The van der Waals surface area contributed by atoms with Gasteiger partial charge in [0.2, 0.25) is 10.0 Å². The minimum atomic E-state index is -3.65. The van der Waals surface area contributed by atoms with Gasteiger partial charge >= 0.3 is 5.97 Å². The van der Waals surface area contributed by atoms with E-state index in [2.05, 4.69) is 9.97 Å². The number of aromatic amines is 1. The average Bonchev–Trinajstić information content (AvgIpc) is 2.72. The molecular weight excluding hydrogens is 414 g/mol. The summed E-state index contributed by atoms with van der Waals surface area (Å²) in [7, 11) is -3.65. The van der Waals surface area contributed by atoms with Crippen LogP contribution in [0.1, 0.15) is 40.9 Å². The smallest absolute Gasteiger partial charge is 0.338 e. The Bertz CT molecular complexity index is 1060. The molecule has 0 saturated carbocycles. The summed E-state index contributed by atoms with van der Waals surface area (Å²) in [5.74, 6) is -0.661. The van der Waals surface area contributed by atoms with Gasteiger partial charge in [-0.25, -0.2) is 18.2 Å². The first kappa shape index (κ1) is 21.5. The van der Waals surface area contributed by atoms with Gasteiger partial charge in [-0.1, -0.05) is 24.2 Å². The van der Waals surface area contributed by atoms with Crippen LogP contribution in [-0.4, -0.2) is 48.0 Å². The molecular formula is C19H23N3O5S2. The number of piperidine rings is 1. The van der Waals surface area contributed by atoms with Gasteiger partial charge in [0.1, 0.15) is 6.61 Å². The van der Waals surface area contributed by atoms with Gasteiger partial charge in [-0.3, -0.25) is 4.79 Å². The molecule has 1 aromatic carbocycles. The molecule has 0 aliphatic carbocycles. The number of thioether (sulfide) groups is 1. The Morgan fingerprint density at radius 1 is 1.24 bits per heavy atom. The molecule has 1 N–H and O–H groups in total. The number of hydrogen-bond donors (Lipinski definition) is 1. The maximum atomic E-state index is 12.9. The summed E-state index contributed by atoms with van der Waals surface area (Å²) in [5, 5.41) is 0.425. The lowest BCUT2D eigenvalue weighted by molar-refractivity contribution is 0.0465. The van der Waals surface area contributed by atoms with Crippen molar-refractivity contribution in [2.75, 3.05) is 19.3 Å². The molecule has 0 spiro atoms. The van der Waals surface area contributed by atoms with E-state index in [4.69, 9.17) is 4.74 Å². The van der Waals surface area contributed by atoms with Crippen LogP contribution >= 0.6 is 11.8 Å². The minimum absolute atomic E-state index is 0.0795. The van der Waals surface area contributed by atoms with Crippen molar-refractivity contribution in [2.24, 2.45) is 0 Å². The van der Waals surface area contributed by atoms with Gasteiger partial charge < -0.3 is 9.72 Å². The van der Waals surface area contributed by atoms with Gasteiger partial charge in [0, 0.05) is 19.2 Å². The maximum absolute atomic E-state index is 12.9. The molecule has 2 heterocycles. The van der Waals surface area contributed by atoms with E-state index >= 15 is 0 Å². The fraction of sp³-hybridized carbons (Fsp3) is 0.421. The van der Waals surface area contributed by atoms with Gasteiger partial charge in [-0.15, -0.1) is 0 Å². The summed E-state index contributed by atoms with van der Waals surface area (Å²) in [6.45, 7) is 2.51. The number of carbonyl (C=O) groups is 1. The number of nitrogens with one attached hydrogen (secondary N) is 1. The third-order valence-electron chi connectivity index (χ3n) is 4.70. The van der Waals surface area contributed by atoms with Crippen LogP contribution in [0.25, 0.3) is 0 Å². The molecule has 8 nitrogen and oxygen atoms in total. The van der Waals surface area contributed by atoms with Crippen LogP contribution in [0.5, 0.6) is 0 Å². The first-order chi connectivity index (χ1) is 13.8. The predicted molar refractivity (Wildman–Crippen MR) is 110 cm³/mol. The number of benzene rings is 1. The number of aromatic nitrogens is 2. The number of nitrogens with zero attached hydrogens (tertiary/aromatic N) is 2. The Kier molecular flexibility index (Phi) is 6.76. The van der Waals surface area contributed by atoms with E-state index in [1.165, 1.54) is 34.3 Å². The van der Waals surface area contributed by atoms with E-state index in [1.54, 1.807) is 19.2 Å². The third-order valence-corrected chi connectivity index (χ3v) is 7.17. The standard InChI is InChI=1S/C19H23N3O5S2/c1-13-6-7-15(29(25,26)22-8-4-3-5-9-22)11-16(13)18(24)27-12-14-10-17(23)21-19(20-14)28-2/h6-7,10-11H,3-5,8-9,12H2,1-2H3,(H,20,21,23). The number of rotatable bonds is 6. The van der Waals surface area contributed by atoms with Gasteiger partial charge in [-0.05, 0) is 43.7 Å². The normalized spacial score (nSPS) is 15.2.